The summed E-state index contributed by atoms with van der Waals surface area (Å²) in [4.78, 5) is 24.3. The number of hydrogen-bond acceptors (Lipinski definition) is 6. The summed E-state index contributed by atoms with van der Waals surface area (Å²) >= 11 is 0. The van der Waals surface area contributed by atoms with Gasteiger partial charge in [0.1, 0.15) is 12.0 Å². The molecule has 0 saturated carbocycles. The molecule has 1 aromatic rings. The number of morpholine rings is 1. The SMILES string of the molecule is COc1ncnc(N(C)C)c1NC(=O)N1C[C@H](C)O[C@@H](C)C1. The van der Waals surface area contributed by atoms with Crippen LogP contribution in [0.15, 0.2) is 6.33 Å². The van der Waals surface area contributed by atoms with Gasteiger partial charge < -0.3 is 19.3 Å². The average molecular weight is 309 g/mol. The number of nitrogens with zero attached hydrogens (tertiary/aromatic N) is 4. The predicted octanol–water partition coefficient (Wildman–Crippen LogP) is 1.19. The van der Waals surface area contributed by atoms with Crippen molar-refractivity contribution in [2.45, 2.75) is 26.1 Å². The first-order valence-corrected chi connectivity index (χ1v) is 7.20. The Morgan fingerprint density at radius 3 is 2.55 bits per heavy atom. The zero-order valence-corrected chi connectivity index (χ0v) is 13.7. The Bertz CT molecular complexity index is 527. The molecular weight excluding hydrogens is 286 g/mol. The molecule has 122 valence electrons. The second-order valence-corrected chi connectivity index (χ2v) is 5.57. The molecule has 2 amide bonds. The third-order valence-corrected chi connectivity index (χ3v) is 3.35. The molecule has 0 unspecified atom stereocenters. The van der Waals surface area contributed by atoms with Gasteiger partial charge >= 0.3 is 6.03 Å². The standard InChI is InChI=1S/C14H23N5O3/c1-9-6-19(7-10(2)22-9)14(20)17-11-12(18(3)4)15-8-16-13(11)21-5/h8-10H,6-7H2,1-5H3,(H,17,20)/t9-,10-/m0/s1. The van der Waals surface area contributed by atoms with E-state index in [1.807, 2.05) is 27.9 Å². The molecule has 1 aliphatic rings. The maximum atomic E-state index is 12.5. The van der Waals surface area contributed by atoms with E-state index in [0.717, 1.165) is 0 Å². The van der Waals surface area contributed by atoms with E-state index >= 15 is 0 Å². The molecule has 0 aromatic carbocycles. The van der Waals surface area contributed by atoms with Crippen LogP contribution in [0.3, 0.4) is 0 Å². The van der Waals surface area contributed by atoms with Crippen LogP contribution in [0.5, 0.6) is 5.88 Å². The summed E-state index contributed by atoms with van der Waals surface area (Å²) in [6.45, 7) is 4.99. The van der Waals surface area contributed by atoms with Crippen LogP contribution >= 0.6 is 0 Å². The molecule has 1 aromatic heterocycles. The van der Waals surface area contributed by atoms with Crippen LogP contribution in [0.25, 0.3) is 0 Å². The van der Waals surface area contributed by atoms with Crippen LogP contribution in [0.1, 0.15) is 13.8 Å². The van der Waals surface area contributed by atoms with Crippen LogP contribution in [0.2, 0.25) is 0 Å². The lowest BCUT2D eigenvalue weighted by Gasteiger charge is -2.35. The number of nitrogens with one attached hydrogen (secondary N) is 1. The van der Waals surface area contributed by atoms with Crippen molar-refractivity contribution >= 4 is 17.5 Å². The Morgan fingerprint density at radius 1 is 1.36 bits per heavy atom. The monoisotopic (exact) mass is 309 g/mol. The van der Waals surface area contributed by atoms with Gasteiger partial charge in [-0.15, -0.1) is 0 Å². The van der Waals surface area contributed by atoms with Crippen molar-refractivity contribution in [3.8, 4) is 5.88 Å². The van der Waals surface area contributed by atoms with Gasteiger partial charge in [0.25, 0.3) is 0 Å². The van der Waals surface area contributed by atoms with E-state index in [1.165, 1.54) is 13.4 Å². The number of hydrogen-bond donors (Lipinski definition) is 1. The number of ether oxygens (including phenoxy) is 2. The van der Waals surface area contributed by atoms with Crippen molar-refractivity contribution in [1.82, 2.24) is 14.9 Å². The largest absolute Gasteiger partial charge is 0.479 e. The van der Waals surface area contributed by atoms with Gasteiger partial charge in [-0.05, 0) is 13.8 Å². The van der Waals surface area contributed by atoms with Crippen molar-refractivity contribution in [2.24, 2.45) is 0 Å². The van der Waals surface area contributed by atoms with Gasteiger partial charge in [0, 0.05) is 27.2 Å². The summed E-state index contributed by atoms with van der Waals surface area (Å²) in [5.74, 6) is 0.927. The molecule has 0 aliphatic carbocycles. The fraction of sp³-hybridized carbons (Fsp3) is 0.643. The van der Waals surface area contributed by atoms with Crippen LogP contribution in [-0.4, -0.2) is 67.4 Å². The van der Waals surface area contributed by atoms with Gasteiger partial charge in [-0.2, -0.15) is 4.98 Å². The van der Waals surface area contributed by atoms with E-state index in [4.69, 9.17) is 9.47 Å². The topological polar surface area (TPSA) is 79.8 Å². The third-order valence-electron chi connectivity index (χ3n) is 3.35. The molecule has 2 heterocycles. The summed E-state index contributed by atoms with van der Waals surface area (Å²) in [5.41, 5.74) is 0.465. The number of anilines is 2. The minimum Gasteiger partial charge on any atom is -0.479 e. The minimum atomic E-state index is -0.210. The van der Waals surface area contributed by atoms with E-state index in [1.54, 1.807) is 9.80 Å². The van der Waals surface area contributed by atoms with Crippen molar-refractivity contribution in [1.29, 1.82) is 0 Å². The number of carbonyl (C=O) groups is 1. The highest BCUT2D eigenvalue weighted by Crippen LogP contribution is 2.30. The minimum absolute atomic E-state index is 0.0109. The molecule has 2 rings (SSSR count). The van der Waals surface area contributed by atoms with E-state index in [-0.39, 0.29) is 18.2 Å². The summed E-state index contributed by atoms with van der Waals surface area (Å²) in [6, 6.07) is -0.210. The lowest BCUT2D eigenvalue weighted by molar-refractivity contribution is -0.0530. The van der Waals surface area contributed by atoms with Gasteiger partial charge in [0.2, 0.25) is 5.88 Å². The maximum absolute atomic E-state index is 12.5. The maximum Gasteiger partial charge on any atom is 0.322 e. The molecule has 1 N–H and O–H groups in total. The number of carbonyl (C=O) groups excluding carboxylic acids is 1. The van der Waals surface area contributed by atoms with E-state index in [9.17, 15) is 4.79 Å². The first-order valence-electron chi connectivity index (χ1n) is 7.20. The number of urea groups is 1. The molecule has 8 heteroatoms. The first kappa shape index (κ1) is 16.3. The Labute approximate surface area is 130 Å². The first-order chi connectivity index (χ1) is 10.4. The Morgan fingerprint density at radius 2 is 2.00 bits per heavy atom. The molecule has 0 bridgehead atoms. The van der Waals surface area contributed by atoms with Gasteiger partial charge in [0.15, 0.2) is 5.82 Å². The fourth-order valence-electron chi connectivity index (χ4n) is 2.49. The lowest BCUT2D eigenvalue weighted by Crippen LogP contribution is -2.49. The molecule has 1 fully saturated rings. The zero-order chi connectivity index (χ0) is 16.3. The summed E-state index contributed by atoms with van der Waals surface area (Å²) in [5, 5.41) is 2.86. The third kappa shape index (κ3) is 3.56. The van der Waals surface area contributed by atoms with Gasteiger partial charge in [0.05, 0.1) is 19.3 Å². The Kier molecular flexibility index (Phi) is 5.02. The number of rotatable bonds is 3. The average Bonchev–Trinajstić information content (AvgIpc) is 2.46. The lowest BCUT2D eigenvalue weighted by atomic mass is 10.2. The van der Waals surface area contributed by atoms with Crippen LogP contribution in [0, 0.1) is 0 Å². The normalized spacial score (nSPS) is 21.4. The van der Waals surface area contributed by atoms with Gasteiger partial charge in [-0.1, -0.05) is 0 Å². The van der Waals surface area contributed by atoms with Crippen molar-refractivity contribution in [3.05, 3.63) is 6.33 Å². The Hall–Kier alpha value is -2.09. The Balaban J connectivity index is 2.20. The quantitative estimate of drug-likeness (QED) is 0.903. The van der Waals surface area contributed by atoms with E-state index in [2.05, 4.69) is 15.3 Å². The molecule has 2 atom stereocenters. The molecule has 8 nitrogen and oxygen atoms in total. The second-order valence-electron chi connectivity index (χ2n) is 5.57. The highest BCUT2D eigenvalue weighted by Gasteiger charge is 2.27. The number of methoxy groups -OCH3 is 1. The second kappa shape index (κ2) is 6.78. The van der Waals surface area contributed by atoms with Crippen LogP contribution < -0.4 is 15.0 Å². The molecular formula is C14H23N5O3. The summed E-state index contributed by atoms with van der Waals surface area (Å²) in [6.07, 6.45) is 1.43. The van der Waals surface area contributed by atoms with E-state index in [0.29, 0.717) is 30.5 Å². The van der Waals surface area contributed by atoms with Gasteiger partial charge in [-0.3, -0.25) is 5.32 Å². The molecule has 0 radical (unpaired) electrons. The predicted molar refractivity (Wildman–Crippen MR) is 83.5 cm³/mol. The smallest absolute Gasteiger partial charge is 0.322 e. The summed E-state index contributed by atoms with van der Waals surface area (Å²) in [7, 11) is 5.20. The molecule has 1 aliphatic heterocycles. The number of aromatic nitrogens is 2. The summed E-state index contributed by atoms with van der Waals surface area (Å²) < 4.78 is 10.9. The van der Waals surface area contributed by atoms with E-state index < -0.39 is 0 Å². The fourth-order valence-corrected chi connectivity index (χ4v) is 2.49. The van der Waals surface area contributed by atoms with Crippen LogP contribution in [0.4, 0.5) is 16.3 Å². The highest BCUT2D eigenvalue weighted by molar-refractivity contribution is 5.94. The zero-order valence-electron chi connectivity index (χ0n) is 13.7. The highest BCUT2D eigenvalue weighted by atomic mass is 16.5. The van der Waals surface area contributed by atoms with Crippen molar-refractivity contribution in [3.63, 3.8) is 0 Å². The molecule has 22 heavy (non-hydrogen) atoms. The molecule has 1 saturated heterocycles. The molecule has 0 spiro atoms. The number of amides is 2. The van der Waals surface area contributed by atoms with Crippen molar-refractivity contribution < 1.29 is 14.3 Å². The van der Waals surface area contributed by atoms with Gasteiger partial charge in [-0.25, -0.2) is 9.78 Å². The van der Waals surface area contributed by atoms with Crippen molar-refractivity contribution in [2.75, 3.05) is 44.5 Å². The van der Waals surface area contributed by atoms with Crippen LogP contribution in [-0.2, 0) is 4.74 Å².